The lowest BCUT2D eigenvalue weighted by molar-refractivity contribution is 0.181. The van der Waals surface area contributed by atoms with E-state index in [4.69, 9.17) is 15.7 Å². The fourth-order valence-electron chi connectivity index (χ4n) is 1.32. The summed E-state index contributed by atoms with van der Waals surface area (Å²) in [4.78, 5) is 0. The Kier molecular flexibility index (Phi) is 3.63. The lowest BCUT2D eigenvalue weighted by Gasteiger charge is -2.11. The van der Waals surface area contributed by atoms with E-state index in [1.54, 1.807) is 13.2 Å². The minimum atomic E-state index is -0.119. The molecule has 0 heterocycles. The van der Waals surface area contributed by atoms with Crippen LogP contribution in [0.25, 0.3) is 0 Å². The molecule has 0 radical (unpaired) electrons. The molecule has 0 aliphatic heterocycles. The van der Waals surface area contributed by atoms with E-state index >= 15 is 0 Å². The van der Waals surface area contributed by atoms with E-state index in [9.17, 15) is 0 Å². The second-order valence-electron chi connectivity index (χ2n) is 3.25. The first kappa shape index (κ1) is 10.7. The lowest BCUT2D eigenvalue weighted by Crippen LogP contribution is -2.16. The first-order valence-electron chi connectivity index (χ1n) is 4.44. The predicted molar refractivity (Wildman–Crippen MR) is 54.7 cm³/mol. The van der Waals surface area contributed by atoms with Crippen molar-refractivity contribution in [3.63, 3.8) is 0 Å². The largest absolute Gasteiger partial charge is 0.383 e. The Labute approximate surface area is 84.1 Å². The van der Waals surface area contributed by atoms with Crippen molar-refractivity contribution in [1.29, 1.82) is 5.26 Å². The molecular weight excluding hydrogens is 176 g/mol. The molecule has 1 rings (SSSR count). The zero-order valence-electron chi connectivity index (χ0n) is 8.45. The smallest absolute Gasteiger partial charge is 0.0994 e. The molecule has 0 fully saturated rings. The summed E-state index contributed by atoms with van der Waals surface area (Å²) in [6.45, 7) is 2.40. The zero-order chi connectivity index (χ0) is 10.6. The highest BCUT2D eigenvalue weighted by Gasteiger charge is 2.06. The van der Waals surface area contributed by atoms with E-state index in [-0.39, 0.29) is 6.04 Å². The van der Waals surface area contributed by atoms with Crippen molar-refractivity contribution in [3.05, 3.63) is 34.9 Å². The minimum absolute atomic E-state index is 0.119. The Morgan fingerprint density at radius 1 is 1.57 bits per heavy atom. The van der Waals surface area contributed by atoms with Gasteiger partial charge in [0, 0.05) is 7.11 Å². The molecular formula is C11H14N2O. The molecule has 1 aromatic rings. The molecule has 0 aliphatic carbocycles. The van der Waals surface area contributed by atoms with E-state index in [0.29, 0.717) is 12.2 Å². The quantitative estimate of drug-likeness (QED) is 0.786. The number of rotatable bonds is 3. The number of methoxy groups -OCH3 is 1. The fourth-order valence-corrected chi connectivity index (χ4v) is 1.32. The molecule has 0 aromatic heterocycles. The maximum Gasteiger partial charge on any atom is 0.0994 e. The van der Waals surface area contributed by atoms with Gasteiger partial charge in [0.1, 0.15) is 0 Å². The molecule has 1 aromatic carbocycles. The van der Waals surface area contributed by atoms with Crippen LogP contribution in [0.3, 0.4) is 0 Å². The van der Waals surface area contributed by atoms with Gasteiger partial charge in [-0.25, -0.2) is 0 Å². The molecule has 0 aliphatic rings. The molecule has 0 bridgehead atoms. The second-order valence-corrected chi connectivity index (χ2v) is 3.25. The summed E-state index contributed by atoms with van der Waals surface area (Å²) < 4.78 is 4.96. The number of hydrogen-bond donors (Lipinski definition) is 1. The van der Waals surface area contributed by atoms with Crippen molar-refractivity contribution in [2.45, 2.75) is 13.0 Å². The Hall–Kier alpha value is -1.37. The molecule has 14 heavy (non-hydrogen) atoms. The van der Waals surface area contributed by atoms with Gasteiger partial charge in [0.05, 0.1) is 24.3 Å². The Bertz CT molecular complexity index is 355. The number of benzene rings is 1. The van der Waals surface area contributed by atoms with Gasteiger partial charge in [-0.3, -0.25) is 0 Å². The maximum atomic E-state index is 8.75. The van der Waals surface area contributed by atoms with Gasteiger partial charge in [-0.05, 0) is 24.1 Å². The topological polar surface area (TPSA) is 59.0 Å². The Morgan fingerprint density at radius 2 is 2.29 bits per heavy atom. The van der Waals surface area contributed by atoms with Crippen LogP contribution < -0.4 is 5.73 Å². The molecule has 1 atom stereocenters. The monoisotopic (exact) mass is 190 g/mol. The minimum Gasteiger partial charge on any atom is -0.383 e. The van der Waals surface area contributed by atoms with E-state index in [2.05, 4.69) is 6.07 Å². The van der Waals surface area contributed by atoms with Crippen LogP contribution in [0.4, 0.5) is 0 Å². The summed E-state index contributed by atoms with van der Waals surface area (Å²) in [5, 5.41) is 8.75. The second kappa shape index (κ2) is 4.75. The van der Waals surface area contributed by atoms with E-state index in [0.717, 1.165) is 11.1 Å². The van der Waals surface area contributed by atoms with Gasteiger partial charge < -0.3 is 10.5 Å². The summed E-state index contributed by atoms with van der Waals surface area (Å²) >= 11 is 0. The predicted octanol–water partition coefficient (Wildman–Crippen LogP) is 1.51. The Morgan fingerprint density at radius 3 is 2.79 bits per heavy atom. The standard InChI is InChI=1S/C11H14N2O/c1-8-5-9(11(13)7-14-2)3-4-10(8)6-12/h3-5,11H,7,13H2,1-2H3/t11-/m1/s1. The van der Waals surface area contributed by atoms with Crippen LogP contribution in [-0.2, 0) is 4.74 Å². The van der Waals surface area contributed by atoms with Crippen LogP contribution in [0.1, 0.15) is 22.7 Å². The maximum absolute atomic E-state index is 8.75. The average molecular weight is 190 g/mol. The first-order valence-corrected chi connectivity index (χ1v) is 4.44. The summed E-state index contributed by atoms with van der Waals surface area (Å²) in [6.07, 6.45) is 0. The van der Waals surface area contributed by atoms with Gasteiger partial charge >= 0.3 is 0 Å². The molecule has 2 N–H and O–H groups in total. The van der Waals surface area contributed by atoms with Crippen molar-refractivity contribution in [3.8, 4) is 6.07 Å². The third-order valence-electron chi connectivity index (χ3n) is 2.15. The molecule has 3 nitrogen and oxygen atoms in total. The number of ether oxygens (including phenoxy) is 1. The van der Waals surface area contributed by atoms with Gasteiger partial charge in [-0.2, -0.15) is 5.26 Å². The van der Waals surface area contributed by atoms with Crippen LogP contribution in [0.2, 0.25) is 0 Å². The van der Waals surface area contributed by atoms with Crippen molar-refractivity contribution in [2.75, 3.05) is 13.7 Å². The van der Waals surface area contributed by atoms with E-state index in [1.807, 2.05) is 19.1 Å². The molecule has 0 spiro atoms. The van der Waals surface area contributed by atoms with Crippen molar-refractivity contribution >= 4 is 0 Å². The van der Waals surface area contributed by atoms with Crippen LogP contribution >= 0.6 is 0 Å². The summed E-state index contributed by atoms with van der Waals surface area (Å²) in [6, 6.07) is 7.60. The van der Waals surface area contributed by atoms with Gasteiger partial charge in [0.2, 0.25) is 0 Å². The molecule has 0 amide bonds. The SMILES string of the molecule is COC[C@@H](N)c1ccc(C#N)c(C)c1. The zero-order valence-corrected chi connectivity index (χ0v) is 8.45. The molecule has 0 saturated heterocycles. The molecule has 3 heteroatoms. The van der Waals surface area contributed by atoms with Crippen LogP contribution in [0.15, 0.2) is 18.2 Å². The summed E-state index contributed by atoms with van der Waals surface area (Å²) in [7, 11) is 1.62. The molecule has 74 valence electrons. The molecule has 0 unspecified atom stereocenters. The van der Waals surface area contributed by atoms with E-state index in [1.165, 1.54) is 0 Å². The van der Waals surface area contributed by atoms with Gasteiger partial charge in [0.15, 0.2) is 0 Å². The number of hydrogen-bond acceptors (Lipinski definition) is 3. The third kappa shape index (κ3) is 2.32. The van der Waals surface area contributed by atoms with Crippen LogP contribution in [-0.4, -0.2) is 13.7 Å². The summed E-state index contributed by atoms with van der Waals surface area (Å²) in [5.74, 6) is 0. The number of nitrogens with zero attached hydrogens (tertiary/aromatic N) is 1. The van der Waals surface area contributed by atoms with Crippen LogP contribution in [0, 0.1) is 18.3 Å². The highest BCUT2D eigenvalue weighted by atomic mass is 16.5. The third-order valence-corrected chi connectivity index (χ3v) is 2.15. The first-order chi connectivity index (χ1) is 6.69. The van der Waals surface area contributed by atoms with Crippen molar-refractivity contribution < 1.29 is 4.74 Å². The fraction of sp³-hybridized carbons (Fsp3) is 0.364. The lowest BCUT2D eigenvalue weighted by atomic mass is 10.0. The highest BCUT2D eigenvalue weighted by Crippen LogP contribution is 2.15. The van der Waals surface area contributed by atoms with Crippen molar-refractivity contribution in [2.24, 2.45) is 5.73 Å². The van der Waals surface area contributed by atoms with Crippen molar-refractivity contribution in [1.82, 2.24) is 0 Å². The highest BCUT2D eigenvalue weighted by molar-refractivity contribution is 5.40. The number of nitriles is 1. The van der Waals surface area contributed by atoms with Gasteiger partial charge in [0.25, 0.3) is 0 Å². The van der Waals surface area contributed by atoms with Gasteiger partial charge in [-0.1, -0.05) is 12.1 Å². The molecule has 0 saturated carbocycles. The summed E-state index contributed by atoms with van der Waals surface area (Å²) in [5.41, 5.74) is 8.51. The van der Waals surface area contributed by atoms with Gasteiger partial charge in [-0.15, -0.1) is 0 Å². The average Bonchev–Trinajstić information content (AvgIpc) is 2.18. The normalized spacial score (nSPS) is 12.1. The number of nitrogens with two attached hydrogens (primary N) is 1. The Balaban J connectivity index is 2.92. The van der Waals surface area contributed by atoms with E-state index < -0.39 is 0 Å². The number of aryl methyl sites for hydroxylation is 1. The van der Waals surface area contributed by atoms with Crippen LogP contribution in [0.5, 0.6) is 0 Å².